The fourth-order valence-corrected chi connectivity index (χ4v) is 5.62. The predicted octanol–water partition coefficient (Wildman–Crippen LogP) is 7.25. The van der Waals surface area contributed by atoms with Crippen molar-refractivity contribution in [3.05, 3.63) is 0 Å². The van der Waals surface area contributed by atoms with Gasteiger partial charge in [0.25, 0.3) is 0 Å². The molecule has 5 heteroatoms. The molecule has 0 aliphatic heterocycles. The van der Waals surface area contributed by atoms with Gasteiger partial charge in [0.15, 0.2) is 0 Å². The summed E-state index contributed by atoms with van der Waals surface area (Å²) in [4.78, 5) is 11.7. The maximum absolute atomic E-state index is 11.7. The summed E-state index contributed by atoms with van der Waals surface area (Å²) in [5.41, 5.74) is 0. The highest BCUT2D eigenvalue weighted by atomic mass is 16.6. The first-order valence-electron chi connectivity index (χ1n) is 14.7. The van der Waals surface area contributed by atoms with Gasteiger partial charge in [-0.15, -0.1) is 0 Å². The van der Waals surface area contributed by atoms with Gasteiger partial charge in [0.2, 0.25) is 0 Å². The lowest BCUT2D eigenvalue weighted by Gasteiger charge is -2.35. The summed E-state index contributed by atoms with van der Waals surface area (Å²) >= 11 is 0. The van der Waals surface area contributed by atoms with Crippen molar-refractivity contribution in [2.24, 2.45) is 11.8 Å². The maximum Gasteiger partial charge on any atom is 0.305 e. The van der Waals surface area contributed by atoms with Gasteiger partial charge in [-0.3, -0.25) is 4.79 Å². The Morgan fingerprint density at radius 3 is 1.85 bits per heavy atom. The van der Waals surface area contributed by atoms with Crippen molar-refractivity contribution in [2.45, 2.75) is 129 Å². The molecule has 0 atom stereocenters. The highest BCUT2D eigenvalue weighted by Crippen LogP contribution is 2.38. The van der Waals surface area contributed by atoms with Crippen molar-refractivity contribution in [3.63, 3.8) is 0 Å². The van der Waals surface area contributed by atoms with E-state index in [2.05, 4.69) is 6.92 Å². The van der Waals surface area contributed by atoms with Crippen LogP contribution >= 0.6 is 0 Å². The minimum atomic E-state index is -0.101. The highest BCUT2D eigenvalue weighted by molar-refractivity contribution is 5.69. The monoisotopic (exact) mass is 482 g/mol. The molecule has 0 amide bonds. The van der Waals surface area contributed by atoms with Crippen molar-refractivity contribution < 1.29 is 23.7 Å². The van der Waals surface area contributed by atoms with E-state index in [1.807, 2.05) is 0 Å². The second kappa shape index (κ2) is 20.5. The summed E-state index contributed by atoms with van der Waals surface area (Å²) in [5.74, 6) is 1.85. The van der Waals surface area contributed by atoms with Crippen LogP contribution in [0.4, 0.5) is 0 Å². The molecular formula is C29H54O5. The number of carbonyl (C=O) groups is 1. The smallest absolute Gasteiger partial charge is 0.305 e. The molecule has 200 valence electrons. The van der Waals surface area contributed by atoms with Gasteiger partial charge in [-0.1, -0.05) is 84.0 Å². The minimum Gasteiger partial charge on any atom is -0.463 e. The highest BCUT2D eigenvalue weighted by Gasteiger charge is 2.28. The van der Waals surface area contributed by atoms with Crippen LogP contribution in [0, 0.1) is 11.8 Å². The zero-order valence-corrected chi connectivity index (χ0v) is 22.2. The van der Waals surface area contributed by atoms with Gasteiger partial charge in [0.05, 0.1) is 39.1 Å². The molecule has 0 aromatic carbocycles. The van der Waals surface area contributed by atoms with E-state index in [0.717, 1.165) is 24.7 Å². The van der Waals surface area contributed by atoms with E-state index in [4.69, 9.17) is 18.9 Å². The Kier molecular flexibility index (Phi) is 17.9. The molecule has 0 aromatic rings. The molecule has 0 saturated heterocycles. The van der Waals surface area contributed by atoms with Crippen LogP contribution in [0.1, 0.15) is 122 Å². The van der Waals surface area contributed by atoms with Crippen LogP contribution in [-0.2, 0) is 23.7 Å². The Morgan fingerprint density at radius 2 is 1.18 bits per heavy atom. The second-order valence-corrected chi connectivity index (χ2v) is 10.5. The summed E-state index contributed by atoms with van der Waals surface area (Å²) in [7, 11) is 0. The lowest BCUT2D eigenvalue weighted by molar-refractivity contribution is -0.145. The minimum absolute atomic E-state index is 0.101. The largest absolute Gasteiger partial charge is 0.463 e. The third-order valence-electron chi connectivity index (χ3n) is 7.71. The Balaban J connectivity index is 1.28. The molecular weight excluding hydrogens is 428 g/mol. The molecule has 0 radical (unpaired) electrons. The van der Waals surface area contributed by atoms with Crippen LogP contribution in [0.15, 0.2) is 0 Å². The van der Waals surface area contributed by atoms with E-state index in [1.165, 1.54) is 96.3 Å². The van der Waals surface area contributed by atoms with Gasteiger partial charge >= 0.3 is 5.97 Å². The van der Waals surface area contributed by atoms with Crippen LogP contribution in [0.25, 0.3) is 0 Å². The quantitative estimate of drug-likeness (QED) is 0.135. The molecule has 2 saturated carbocycles. The SMILES string of the molecule is CCCCCCCCCCC(=O)OCCOCCOCCOC1CCC(C2CCCCC2)CC1. The van der Waals surface area contributed by atoms with Gasteiger partial charge in [-0.05, 0) is 43.9 Å². The molecule has 2 aliphatic rings. The Morgan fingerprint density at radius 1 is 0.618 bits per heavy atom. The Hall–Kier alpha value is -0.650. The van der Waals surface area contributed by atoms with Crippen LogP contribution in [0.2, 0.25) is 0 Å². The molecule has 0 aromatic heterocycles. The van der Waals surface area contributed by atoms with Crippen molar-refractivity contribution in [2.75, 3.05) is 39.6 Å². The summed E-state index contributed by atoms with van der Waals surface area (Å²) in [6, 6.07) is 0. The molecule has 2 fully saturated rings. The van der Waals surface area contributed by atoms with E-state index >= 15 is 0 Å². The predicted molar refractivity (Wildman–Crippen MR) is 138 cm³/mol. The number of carbonyl (C=O) groups excluding carboxylic acids is 1. The summed E-state index contributed by atoms with van der Waals surface area (Å²) in [6.07, 6.45) is 23.3. The fraction of sp³-hybridized carbons (Fsp3) is 0.966. The average Bonchev–Trinajstić information content (AvgIpc) is 2.87. The molecule has 0 spiro atoms. The summed E-state index contributed by atoms with van der Waals surface area (Å²) < 4.78 is 22.4. The van der Waals surface area contributed by atoms with E-state index in [0.29, 0.717) is 52.2 Å². The number of ether oxygens (including phenoxy) is 4. The zero-order valence-electron chi connectivity index (χ0n) is 22.2. The third kappa shape index (κ3) is 14.7. The lowest BCUT2D eigenvalue weighted by atomic mass is 9.73. The lowest BCUT2D eigenvalue weighted by Crippen LogP contribution is -2.28. The standard InChI is InChI=1S/C29H54O5/c1-2-3-4-5-6-7-8-12-15-29(30)34-25-23-32-21-20-31-22-24-33-28-18-16-27(17-19-28)26-13-10-9-11-14-26/h26-28H,2-25H2,1H3. The zero-order chi connectivity index (χ0) is 24.1. The number of esters is 1. The molecule has 0 unspecified atom stereocenters. The van der Waals surface area contributed by atoms with Gasteiger partial charge < -0.3 is 18.9 Å². The first-order chi connectivity index (χ1) is 16.8. The van der Waals surface area contributed by atoms with Crippen molar-refractivity contribution in [1.29, 1.82) is 0 Å². The van der Waals surface area contributed by atoms with E-state index < -0.39 is 0 Å². The molecule has 2 rings (SSSR count). The fourth-order valence-electron chi connectivity index (χ4n) is 5.62. The Labute approximate surface area is 210 Å². The van der Waals surface area contributed by atoms with E-state index in [1.54, 1.807) is 0 Å². The topological polar surface area (TPSA) is 54.0 Å². The van der Waals surface area contributed by atoms with Gasteiger partial charge in [0, 0.05) is 6.42 Å². The van der Waals surface area contributed by atoms with Crippen LogP contribution in [0.3, 0.4) is 0 Å². The maximum atomic E-state index is 11.7. The van der Waals surface area contributed by atoms with Crippen LogP contribution < -0.4 is 0 Å². The average molecular weight is 483 g/mol. The van der Waals surface area contributed by atoms with Gasteiger partial charge in [-0.2, -0.15) is 0 Å². The first kappa shape index (κ1) is 29.6. The van der Waals surface area contributed by atoms with Crippen molar-refractivity contribution in [1.82, 2.24) is 0 Å². The molecule has 0 bridgehead atoms. The molecule has 34 heavy (non-hydrogen) atoms. The van der Waals surface area contributed by atoms with E-state index in [9.17, 15) is 4.79 Å². The van der Waals surface area contributed by atoms with Crippen molar-refractivity contribution >= 4 is 5.97 Å². The molecule has 0 N–H and O–H groups in total. The van der Waals surface area contributed by atoms with E-state index in [-0.39, 0.29) is 5.97 Å². The van der Waals surface area contributed by atoms with Crippen LogP contribution in [-0.4, -0.2) is 51.7 Å². The normalized spacial score (nSPS) is 21.6. The summed E-state index contributed by atoms with van der Waals surface area (Å²) in [6.45, 7) is 5.40. The number of unbranched alkanes of at least 4 members (excludes halogenated alkanes) is 7. The Bertz CT molecular complexity index is 469. The number of hydrogen-bond acceptors (Lipinski definition) is 5. The first-order valence-corrected chi connectivity index (χ1v) is 14.7. The number of hydrogen-bond donors (Lipinski definition) is 0. The van der Waals surface area contributed by atoms with Gasteiger partial charge in [0.1, 0.15) is 6.61 Å². The molecule has 0 heterocycles. The summed E-state index contributed by atoms with van der Waals surface area (Å²) in [5, 5.41) is 0. The number of rotatable bonds is 20. The van der Waals surface area contributed by atoms with Gasteiger partial charge in [-0.25, -0.2) is 0 Å². The third-order valence-corrected chi connectivity index (χ3v) is 7.71. The molecule has 5 nitrogen and oxygen atoms in total. The molecule has 2 aliphatic carbocycles. The van der Waals surface area contributed by atoms with Crippen molar-refractivity contribution in [3.8, 4) is 0 Å². The van der Waals surface area contributed by atoms with Crippen LogP contribution in [0.5, 0.6) is 0 Å². The second-order valence-electron chi connectivity index (χ2n) is 10.5.